The summed E-state index contributed by atoms with van der Waals surface area (Å²) in [5.74, 6) is -2.15. The van der Waals surface area contributed by atoms with E-state index in [1.54, 1.807) is 6.92 Å². The van der Waals surface area contributed by atoms with Crippen molar-refractivity contribution in [3.63, 3.8) is 0 Å². The minimum atomic E-state index is -4.26. The fourth-order valence-corrected chi connectivity index (χ4v) is 2.10. The van der Waals surface area contributed by atoms with Crippen molar-refractivity contribution >= 4 is 5.97 Å². The molecule has 17 heavy (non-hydrogen) atoms. The number of halogens is 3. The van der Waals surface area contributed by atoms with Gasteiger partial charge in [0.05, 0.1) is 12.5 Å². The normalized spacial score (nSPS) is 24.5. The van der Waals surface area contributed by atoms with Crippen LogP contribution in [-0.2, 0) is 9.53 Å². The third kappa shape index (κ3) is 4.40. The summed E-state index contributed by atoms with van der Waals surface area (Å²) in [4.78, 5) is 11.2. The molecule has 0 aromatic rings. The van der Waals surface area contributed by atoms with Crippen LogP contribution < -0.4 is 0 Å². The third-order valence-electron chi connectivity index (χ3n) is 2.89. The third-order valence-corrected chi connectivity index (χ3v) is 2.89. The van der Waals surface area contributed by atoms with Crippen molar-refractivity contribution in [2.75, 3.05) is 6.61 Å². The van der Waals surface area contributed by atoms with E-state index in [0.717, 1.165) is 12.5 Å². The Morgan fingerprint density at radius 3 is 2.71 bits per heavy atom. The van der Waals surface area contributed by atoms with E-state index in [2.05, 4.69) is 4.74 Å². The van der Waals surface area contributed by atoms with Crippen LogP contribution in [0.1, 0.15) is 39.0 Å². The lowest BCUT2D eigenvalue weighted by molar-refractivity contribution is -0.165. The van der Waals surface area contributed by atoms with E-state index in [-0.39, 0.29) is 18.6 Å². The first-order valence-corrected chi connectivity index (χ1v) is 5.89. The average Bonchev–Trinajstić information content (AvgIpc) is 2.42. The zero-order chi connectivity index (χ0) is 12.9. The maximum absolute atomic E-state index is 12.8. The Labute approximate surface area is 98.8 Å². The molecular weight excluding hydrogens is 233 g/mol. The molecule has 0 heterocycles. The van der Waals surface area contributed by atoms with Gasteiger partial charge in [0.25, 0.3) is 0 Å². The minimum absolute atomic E-state index is 0.0781. The molecule has 0 spiro atoms. The van der Waals surface area contributed by atoms with Crippen LogP contribution in [0.3, 0.4) is 0 Å². The van der Waals surface area contributed by atoms with Crippen LogP contribution in [0.25, 0.3) is 0 Å². The highest BCUT2D eigenvalue weighted by molar-refractivity contribution is 5.82. The molecule has 2 nitrogen and oxygen atoms in total. The molecule has 1 saturated carbocycles. The van der Waals surface area contributed by atoms with Crippen LogP contribution in [0.2, 0.25) is 0 Å². The van der Waals surface area contributed by atoms with Crippen LogP contribution in [0, 0.1) is 5.92 Å². The molecule has 0 saturated heterocycles. The van der Waals surface area contributed by atoms with Gasteiger partial charge in [0, 0.05) is 6.08 Å². The first kappa shape index (κ1) is 14.1. The predicted octanol–water partition coefficient (Wildman–Crippen LogP) is 3.62. The van der Waals surface area contributed by atoms with Gasteiger partial charge in [-0.15, -0.1) is 0 Å². The Morgan fingerprint density at radius 1 is 1.41 bits per heavy atom. The van der Waals surface area contributed by atoms with Crippen LogP contribution in [0.15, 0.2) is 11.6 Å². The van der Waals surface area contributed by atoms with Gasteiger partial charge in [0.1, 0.15) is 0 Å². The van der Waals surface area contributed by atoms with Crippen LogP contribution in [-0.4, -0.2) is 18.8 Å². The summed E-state index contributed by atoms with van der Waals surface area (Å²) in [5.41, 5.74) is 0.174. The highest BCUT2D eigenvalue weighted by Gasteiger charge is 2.42. The van der Waals surface area contributed by atoms with E-state index in [1.807, 2.05) is 0 Å². The fraction of sp³-hybridized carbons (Fsp3) is 0.750. The van der Waals surface area contributed by atoms with E-state index in [4.69, 9.17) is 0 Å². The summed E-state index contributed by atoms with van der Waals surface area (Å²) in [6, 6.07) is 0. The minimum Gasteiger partial charge on any atom is -0.463 e. The van der Waals surface area contributed by atoms with Gasteiger partial charge < -0.3 is 4.74 Å². The lowest BCUT2D eigenvalue weighted by atomic mass is 9.93. The number of carbonyl (C=O) groups excluding carboxylic acids is 1. The Morgan fingerprint density at radius 2 is 2.12 bits per heavy atom. The van der Waals surface area contributed by atoms with Crippen LogP contribution >= 0.6 is 0 Å². The van der Waals surface area contributed by atoms with Gasteiger partial charge >= 0.3 is 12.1 Å². The molecule has 5 heteroatoms. The molecule has 1 unspecified atom stereocenters. The van der Waals surface area contributed by atoms with Crippen LogP contribution in [0.5, 0.6) is 0 Å². The van der Waals surface area contributed by atoms with Gasteiger partial charge in [-0.2, -0.15) is 13.2 Å². The quantitative estimate of drug-likeness (QED) is 0.425. The maximum Gasteiger partial charge on any atom is 0.395 e. The van der Waals surface area contributed by atoms with Gasteiger partial charge in [0.2, 0.25) is 0 Å². The molecule has 1 atom stereocenters. The van der Waals surface area contributed by atoms with Crippen molar-refractivity contribution < 1.29 is 22.7 Å². The Bertz CT molecular complexity index is 295. The van der Waals surface area contributed by atoms with Crippen LogP contribution in [0.4, 0.5) is 13.2 Å². The van der Waals surface area contributed by atoms with Crippen molar-refractivity contribution in [1.29, 1.82) is 0 Å². The Balaban J connectivity index is 2.85. The van der Waals surface area contributed by atoms with E-state index in [9.17, 15) is 18.0 Å². The molecule has 98 valence electrons. The van der Waals surface area contributed by atoms with Gasteiger partial charge in [-0.1, -0.05) is 18.4 Å². The molecule has 0 radical (unpaired) electrons. The predicted molar refractivity (Wildman–Crippen MR) is 57.3 cm³/mol. The summed E-state index contributed by atoms with van der Waals surface area (Å²) in [5, 5.41) is 0. The Hall–Kier alpha value is -1.00. The van der Waals surface area contributed by atoms with Crippen molar-refractivity contribution in [2.45, 2.75) is 45.2 Å². The largest absolute Gasteiger partial charge is 0.463 e. The lowest BCUT2D eigenvalue weighted by Gasteiger charge is -2.20. The van der Waals surface area contributed by atoms with E-state index >= 15 is 0 Å². The Kier molecular flexibility index (Phi) is 5.02. The smallest absolute Gasteiger partial charge is 0.395 e. The zero-order valence-electron chi connectivity index (χ0n) is 9.85. The monoisotopic (exact) mass is 250 g/mol. The standard InChI is InChI=1S/C12H17F3O2/c1-2-17-11(16)8-9-6-4-3-5-7-10(9)12(13,14)15/h8,10H,2-7H2,1H3/b9-8-. The molecule has 0 amide bonds. The number of carbonyl (C=O) groups is 1. The number of allylic oxidation sites excluding steroid dienone is 1. The molecule has 0 aromatic heterocycles. The number of hydrogen-bond acceptors (Lipinski definition) is 2. The SMILES string of the molecule is CCOC(=O)/C=C1/CCCCCC1C(F)(F)F. The first-order valence-electron chi connectivity index (χ1n) is 5.89. The molecule has 1 rings (SSSR count). The number of alkyl halides is 3. The summed E-state index contributed by atoms with van der Waals surface area (Å²) < 4.78 is 43.1. The summed E-state index contributed by atoms with van der Waals surface area (Å²) in [6.45, 7) is 1.81. The second-order valence-electron chi connectivity index (χ2n) is 4.16. The molecule has 0 bridgehead atoms. The van der Waals surface area contributed by atoms with Crippen molar-refractivity contribution in [2.24, 2.45) is 5.92 Å². The fourth-order valence-electron chi connectivity index (χ4n) is 2.10. The van der Waals surface area contributed by atoms with Crippen molar-refractivity contribution in [1.82, 2.24) is 0 Å². The highest BCUT2D eigenvalue weighted by atomic mass is 19.4. The zero-order valence-corrected chi connectivity index (χ0v) is 9.85. The molecule has 0 N–H and O–H groups in total. The van der Waals surface area contributed by atoms with E-state index < -0.39 is 18.1 Å². The highest BCUT2D eigenvalue weighted by Crippen LogP contribution is 2.39. The molecule has 0 aromatic carbocycles. The van der Waals surface area contributed by atoms with Gasteiger partial charge in [-0.25, -0.2) is 4.79 Å². The van der Waals surface area contributed by atoms with Gasteiger partial charge in [-0.3, -0.25) is 0 Å². The number of ether oxygens (including phenoxy) is 1. The van der Waals surface area contributed by atoms with Crippen molar-refractivity contribution in [3.8, 4) is 0 Å². The molecule has 0 aliphatic heterocycles. The average molecular weight is 250 g/mol. The van der Waals surface area contributed by atoms with Gasteiger partial charge in [0.15, 0.2) is 0 Å². The second kappa shape index (κ2) is 6.07. The summed E-state index contributed by atoms with van der Waals surface area (Å²) in [6.07, 6.45) is -0.762. The topological polar surface area (TPSA) is 26.3 Å². The summed E-state index contributed by atoms with van der Waals surface area (Å²) in [7, 11) is 0. The first-order chi connectivity index (χ1) is 7.95. The molecule has 1 aliphatic rings. The lowest BCUT2D eigenvalue weighted by Crippen LogP contribution is -2.24. The second-order valence-corrected chi connectivity index (χ2v) is 4.16. The van der Waals surface area contributed by atoms with Crippen molar-refractivity contribution in [3.05, 3.63) is 11.6 Å². The number of hydrogen-bond donors (Lipinski definition) is 0. The van der Waals surface area contributed by atoms with E-state index in [1.165, 1.54) is 0 Å². The molecule has 1 fully saturated rings. The number of esters is 1. The maximum atomic E-state index is 12.8. The van der Waals surface area contributed by atoms with E-state index in [0.29, 0.717) is 19.3 Å². The number of rotatable bonds is 2. The summed E-state index contributed by atoms with van der Waals surface area (Å²) >= 11 is 0. The van der Waals surface area contributed by atoms with Gasteiger partial charge in [-0.05, 0) is 26.2 Å². The molecular formula is C12H17F3O2. The molecule has 1 aliphatic carbocycles.